The zero-order valence-electron chi connectivity index (χ0n) is 10.1. The predicted molar refractivity (Wildman–Crippen MR) is 74.0 cm³/mol. The lowest BCUT2D eigenvalue weighted by Crippen LogP contribution is -2.44. The molecule has 0 radical (unpaired) electrons. The number of anilines is 1. The number of carbonyl (C=O) groups is 1. The van der Waals surface area contributed by atoms with Gasteiger partial charge in [0.2, 0.25) is 5.91 Å². The van der Waals surface area contributed by atoms with Gasteiger partial charge in [0.15, 0.2) is 0 Å². The van der Waals surface area contributed by atoms with Crippen LogP contribution in [0.25, 0.3) is 0 Å². The Morgan fingerprint density at radius 1 is 1.47 bits per heavy atom. The summed E-state index contributed by atoms with van der Waals surface area (Å²) in [4.78, 5) is 15.5. The highest BCUT2D eigenvalue weighted by Crippen LogP contribution is 2.36. The molecule has 0 aromatic heterocycles. The molecule has 0 saturated heterocycles. The first-order valence-electron chi connectivity index (χ1n) is 5.66. The molecule has 92 valence electrons. The highest BCUT2D eigenvalue weighted by molar-refractivity contribution is 7.99. The van der Waals surface area contributed by atoms with E-state index in [1.807, 2.05) is 36.9 Å². The third-order valence-electron chi connectivity index (χ3n) is 2.89. The lowest BCUT2D eigenvalue weighted by atomic mass is 9.94. The van der Waals surface area contributed by atoms with Gasteiger partial charge in [-0.3, -0.25) is 4.79 Å². The second-order valence-corrected chi connectivity index (χ2v) is 6.19. The molecule has 0 aliphatic carbocycles. The van der Waals surface area contributed by atoms with Crippen LogP contribution < -0.4 is 4.90 Å². The van der Waals surface area contributed by atoms with Crippen LogP contribution in [-0.4, -0.2) is 24.1 Å². The van der Waals surface area contributed by atoms with Crippen molar-refractivity contribution < 1.29 is 4.79 Å². The zero-order chi connectivity index (χ0) is 12.5. The second-order valence-electron chi connectivity index (χ2n) is 4.79. The number of carbonyl (C=O) groups excluding carboxylic acids is 1. The van der Waals surface area contributed by atoms with E-state index in [1.54, 1.807) is 11.8 Å². The molecular weight excluding hydrogens is 254 g/mol. The van der Waals surface area contributed by atoms with Crippen LogP contribution in [0.5, 0.6) is 0 Å². The molecule has 0 fully saturated rings. The minimum Gasteiger partial charge on any atom is -0.310 e. The van der Waals surface area contributed by atoms with Crippen molar-refractivity contribution in [3.63, 3.8) is 0 Å². The van der Waals surface area contributed by atoms with Gasteiger partial charge < -0.3 is 4.90 Å². The van der Waals surface area contributed by atoms with E-state index in [4.69, 9.17) is 11.6 Å². The van der Waals surface area contributed by atoms with Crippen LogP contribution in [0, 0.1) is 5.41 Å². The summed E-state index contributed by atoms with van der Waals surface area (Å²) >= 11 is 7.68. The molecule has 0 saturated carbocycles. The summed E-state index contributed by atoms with van der Waals surface area (Å²) in [6.45, 7) is 4.56. The predicted octanol–water partition coefficient (Wildman–Crippen LogP) is 3.39. The van der Waals surface area contributed by atoms with Crippen molar-refractivity contribution in [1.82, 2.24) is 0 Å². The molecule has 1 heterocycles. The first-order chi connectivity index (χ1) is 8.06. The van der Waals surface area contributed by atoms with E-state index in [0.29, 0.717) is 5.88 Å². The molecule has 0 atom stereocenters. The fourth-order valence-corrected chi connectivity index (χ4v) is 2.91. The number of amides is 1. The average molecular weight is 270 g/mol. The van der Waals surface area contributed by atoms with Crippen LogP contribution in [0.4, 0.5) is 5.69 Å². The van der Waals surface area contributed by atoms with Crippen molar-refractivity contribution in [1.29, 1.82) is 0 Å². The van der Waals surface area contributed by atoms with E-state index in [-0.39, 0.29) is 5.91 Å². The van der Waals surface area contributed by atoms with Gasteiger partial charge in [0.25, 0.3) is 0 Å². The fourth-order valence-electron chi connectivity index (χ4n) is 1.80. The lowest BCUT2D eigenvalue weighted by Gasteiger charge is -2.34. The molecule has 2 rings (SSSR count). The summed E-state index contributed by atoms with van der Waals surface area (Å²) in [6, 6.07) is 8.04. The summed E-state index contributed by atoms with van der Waals surface area (Å²) < 4.78 is 0. The topological polar surface area (TPSA) is 20.3 Å². The van der Waals surface area contributed by atoms with Gasteiger partial charge in [-0.1, -0.05) is 12.1 Å². The van der Waals surface area contributed by atoms with Crippen LogP contribution in [0.1, 0.15) is 13.8 Å². The summed E-state index contributed by atoms with van der Waals surface area (Å²) in [5.41, 5.74) is 0.517. The number of halogens is 1. The Hall–Kier alpha value is -0.670. The number of alkyl halides is 1. The smallest absolute Gasteiger partial charge is 0.233 e. The monoisotopic (exact) mass is 269 g/mol. The van der Waals surface area contributed by atoms with Gasteiger partial charge in [0.1, 0.15) is 0 Å². The summed E-state index contributed by atoms with van der Waals surface area (Å²) in [5, 5.41) is 0. The molecule has 1 aromatic rings. The van der Waals surface area contributed by atoms with Gasteiger partial charge in [-0.15, -0.1) is 23.4 Å². The molecule has 0 N–H and O–H groups in total. The standard InChI is InChI=1S/C13H16ClNOS/c1-13(2,9-14)12(16)15-7-8-17-11-6-4-3-5-10(11)15/h3-6H,7-9H2,1-2H3. The molecule has 17 heavy (non-hydrogen) atoms. The average Bonchev–Trinajstić information content (AvgIpc) is 2.37. The summed E-state index contributed by atoms with van der Waals surface area (Å²) in [7, 11) is 0. The molecule has 0 spiro atoms. The number of para-hydroxylation sites is 1. The van der Waals surface area contributed by atoms with Crippen LogP contribution in [0.15, 0.2) is 29.2 Å². The van der Waals surface area contributed by atoms with E-state index in [1.165, 1.54) is 4.90 Å². The number of hydrogen-bond donors (Lipinski definition) is 0. The van der Waals surface area contributed by atoms with Gasteiger partial charge >= 0.3 is 0 Å². The maximum atomic E-state index is 12.4. The SMILES string of the molecule is CC(C)(CCl)C(=O)N1CCSc2ccccc21. The van der Waals surface area contributed by atoms with E-state index in [2.05, 4.69) is 6.07 Å². The third-order valence-corrected chi connectivity index (χ3v) is 4.60. The van der Waals surface area contributed by atoms with Crippen LogP contribution in [0.2, 0.25) is 0 Å². The fraction of sp³-hybridized carbons (Fsp3) is 0.462. The zero-order valence-corrected chi connectivity index (χ0v) is 11.6. The molecule has 4 heteroatoms. The first kappa shape index (κ1) is 12.8. The number of fused-ring (bicyclic) bond motifs is 1. The van der Waals surface area contributed by atoms with Crippen LogP contribution in [-0.2, 0) is 4.79 Å². The molecule has 0 unspecified atom stereocenters. The first-order valence-corrected chi connectivity index (χ1v) is 7.18. The van der Waals surface area contributed by atoms with Gasteiger partial charge in [-0.25, -0.2) is 0 Å². The van der Waals surface area contributed by atoms with Crippen molar-refractivity contribution in [2.45, 2.75) is 18.7 Å². The van der Waals surface area contributed by atoms with E-state index in [9.17, 15) is 4.79 Å². The lowest BCUT2D eigenvalue weighted by molar-refractivity contribution is -0.125. The van der Waals surface area contributed by atoms with Gasteiger partial charge in [0.05, 0.1) is 11.1 Å². The molecule has 1 aliphatic heterocycles. The Balaban J connectivity index is 2.33. The maximum absolute atomic E-state index is 12.4. The molecular formula is C13H16ClNOS. The van der Waals surface area contributed by atoms with Crippen molar-refractivity contribution in [3.05, 3.63) is 24.3 Å². The largest absolute Gasteiger partial charge is 0.310 e. The number of thioether (sulfide) groups is 1. The number of benzene rings is 1. The van der Waals surface area contributed by atoms with Gasteiger partial charge in [-0.2, -0.15) is 0 Å². The van der Waals surface area contributed by atoms with E-state index in [0.717, 1.165) is 18.0 Å². The third kappa shape index (κ3) is 2.45. The van der Waals surface area contributed by atoms with Crippen molar-refractivity contribution in [3.8, 4) is 0 Å². The maximum Gasteiger partial charge on any atom is 0.233 e. The van der Waals surface area contributed by atoms with Crippen molar-refractivity contribution in [2.24, 2.45) is 5.41 Å². The normalized spacial score (nSPS) is 15.6. The minimum absolute atomic E-state index is 0.111. The molecule has 1 aliphatic rings. The Kier molecular flexibility index (Phi) is 3.69. The van der Waals surface area contributed by atoms with Crippen LogP contribution >= 0.6 is 23.4 Å². The Morgan fingerprint density at radius 3 is 2.88 bits per heavy atom. The number of hydrogen-bond acceptors (Lipinski definition) is 2. The summed E-state index contributed by atoms with van der Waals surface area (Å²) in [6.07, 6.45) is 0. The van der Waals surface area contributed by atoms with Gasteiger partial charge in [0, 0.05) is 23.1 Å². The second kappa shape index (κ2) is 4.91. The van der Waals surface area contributed by atoms with Crippen molar-refractivity contribution >= 4 is 35.0 Å². The Morgan fingerprint density at radius 2 is 2.18 bits per heavy atom. The Bertz CT molecular complexity index is 433. The number of nitrogens with zero attached hydrogens (tertiary/aromatic N) is 1. The molecule has 0 bridgehead atoms. The van der Waals surface area contributed by atoms with Crippen molar-refractivity contribution in [2.75, 3.05) is 23.1 Å². The minimum atomic E-state index is -0.503. The molecule has 1 amide bonds. The summed E-state index contributed by atoms with van der Waals surface area (Å²) in [5.74, 6) is 1.40. The van der Waals surface area contributed by atoms with E-state index >= 15 is 0 Å². The quantitative estimate of drug-likeness (QED) is 0.767. The molecule has 2 nitrogen and oxygen atoms in total. The van der Waals surface area contributed by atoms with E-state index < -0.39 is 5.41 Å². The number of rotatable bonds is 2. The highest BCUT2D eigenvalue weighted by Gasteiger charge is 2.34. The highest BCUT2D eigenvalue weighted by atomic mass is 35.5. The molecule has 1 aromatic carbocycles. The Labute approximate surface area is 111 Å². The van der Waals surface area contributed by atoms with Crippen LogP contribution in [0.3, 0.4) is 0 Å². The van der Waals surface area contributed by atoms with Gasteiger partial charge in [-0.05, 0) is 26.0 Å².